The van der Waals surface area contributed by atoms with Crippen LogP contribution in [0.4, 0.5) is 4.39 Å². The lowest BCUT2D eigenvalue weighted by Gasteiger charge is -2.35. The van der Waals surface area contributed by atoms with Gasteiger partial charge in [0, 0.05) is 42.8 Å². The number of phenols is 1. The standard InChI is InChI=1S/C14H20ClFN2O/c1-10-8-11(15)9-12(14(10)19)13(2-3-16)18-6-4-17-5-7-18/h8-9,13,17,19H,2-7H2,1H3/t13-/m0/s1. The van der Waals surface area contributed by atoms with Crippen LogP contribution in [0.5, 0.6) is 5.75 Å². The van der Waals surface area contributed by atoms with Crippen LogP contribution in [0.2, 0.25) is 5.02 Å². The fourth-order valence-corrected chi connectivity index (χ4v) is 2.93. The molecule has 0 amide bonds. The molecule has 0 aliphatic carbocycles. The quantitative estimate of drug-likeness (QED) is 0.893. The number of benzene rings is 1. The largest absolute Gasteiger partial charge is 0.507 e. The number of hydrogen-bond donors (Lipinski definition) is 2. The molecule has 0 unspecified atom stereocenters. The smallest absolute Gasteiger partial charge is 0.123 e. The average molecular weight is 287 g/mol. The Bertz CT molecular complexity index is 436. The van der Waals surface area contributed by atoms with E-state index in [1.807, 2.05) is 6.92 Å². The monoisotopic (exact) mass is 286 g/mol. The van der Waals surface area contributed by atoms with Crippen molar-refractivity contribution in [1.29, 1.82) is 0 Å². The molecule has 1 heterocycles. The molecule has 106 valence electrons. The van der Waals surface area contributed by atoms with Crippen LogP contribution in [0.1, 0.15) is 23.6 Å². The number of piperazine rings is 1. The van der Waals surface area contributed by atoms with Gasteiger partial charge in [0.1, 0.15) is 5.75 Å². The summed E-state index contributed by atoms with van der Waals surface area (Å²) in [6, 6.07) is 3.38. The Morgan fingerprint density at radius 1 is 1.42 bits per heavy atom. The summed E-state index contributed by atoms with van der Waals surface area (Å²) >= 11 is 6.07. The number of nitrogens with zero attached hydrogens (tertiary/aromatic N) is 1. The minimum absolute atomic E-state index is 0.107. The Morgan fingerprint density at radius 3 is 2.74 bits per heavy atom. The van der Waals surface area contributed by atoms with Crippen molar-refractivity contribution in [3.63, 3.8) is 0 Å². The third kappa shape index (κ3) is 3.38. The van der Waals surface area contributed by atoms with Gasteiger partial charge in [-0.05, 0) is 31.0 Å². The molecule has 1 aliphatic rings. The van der Waals surface area contributed by atoms with Crippen molar-refractivity contribution in [2.45, 2.75) is 19.4 Å². The second-order valence-corrected chi connectivity index (χ2v) is 5.38. The molecule has 19 heavy (non-hydrogen) atoms. The van der Waals surface area contributed by atoms with Gasteiger partial charge in [-0.15, -0.1) is 0 Å². The first kappa shape index (κ1) is 14.6. The second kappa shape index (κ2) is 6.55. The van der Waals surface area contributed by atoms with E-state index in [9.17, 15) is 9.50 Å². The lowest BCUT2D eigenvalue weighted by atomic mass is 9.98. The lowest BCUT2D eigenvalue weighted by molar-refractivity contribution is 0.155. The van der Waals surface area contributed by atoms with Crippen molar-refractivity contribution >= 4 is 11.6 Å². The minimum Gasteiger partial charge on any atom is -0.507 e. The molecule has 5 heteroatoms. The highest BCUT2D eigenvalue weighted by molar-refractivity contribution is 6.30. The van der Waals surface area contributed by atoms with Gasteiger partial charge >= 0.3 is 0 Å². The summed E-state index contributed by atoms with van der Waals surface area (Å²) in [5.41, 5.74) is 1.48. The number of nitrogens with one attached hydrogen (secondary N) is 1. The molecule has 0 aromatic heterocycles. The first-order chi connectivity index (χ1) is 9.13. The molecule has 1 atom stereocenters. The Labute approximate surface area is 118 Å². The van der Waals surface area contributed by atoms with Gasteiger partial charge in [0.2, 0.25) is 0 Å². The molecule has 2 N–H and O–H groups in total. The number of aryl methyl sites for hydroxylation is 1. The van der Waals surface area contributed by atoms with Gasteiger partial charge in [-0.25, -0.2) is 0 Å². The number of alkyl halides is 1. The third-order valence-corrected chi connectivity index (χ3v) is 3.85. The van der Waals surface area contributed by atoms with Crippen LogP contribution in [-0.4, -0.2) is 42.9 Å². The zero-order valence-corrected chi connectivity index (χ0v) is 11.9. The molecule has 1 aliphatic heterocycles. The molecule has 2 rings (SSSR count). The number of phenolic OH excluding ortho intramolecular Hbond substituents is 1. The molecule has 1 saturated heterocycles. The predicted octanol–water partition coefficient (Wildman–Crippen LogP) is 2.66. The van der Waals surface area contributed by atoms with Crippen molar-refractivity contribution in [3.8, 4) is 5.75 Å². The normalized spacial score (nSPS) is 18.5. The van der Waals surface area contributed by atoms with Crippen LogP contribution >= 0.6 is 11.6 Å². The van der Waals surface area contributed by atoms with E-state index in [-0.39, 0.29) is 11.8 Å². The van der Waals surface area contributed by atoms with Crippen molar-refractivity contribution in [2.75, 3.05) is 32.9 Å². The van der Waals surface area contributed by atoms with Gasteiger partial charge in [-0.1, -0.05) is 11.6 Å². The first-order valence-electron chi connectivity index (χ1n) is 6.63. The molecule has 1 aromatic rings. The SMILES string of the molecule is Cc1cc(Cl)cc([C@H](CCF)N2CCNCC2)c1O. The van der Waals surface area contributed by atoms with E-state index in [1.54, 1.807) is 12.1 Å². The zero-order valence-electron chi connectivity index (χ0n) is 11.1. The van der Waals surface area contributed by atoms with E-state index in [0.717, 1.165) is 37.3 Å². The summed E-state index contributed by atoms with van der Waals surface area (Å²) in [6.45, 7) is 4.91. The highest BCUT2D eigenvalue weighted by atomic mass is 35.5. The number of hydrogen-bond acceptors (Lipinski definition) is 3. The molecule has 0 saturated carbocycles. The molecule has 1 aromatic carbocycles. The average Bonchev–Trinajstić information content (AvgIpc) is 2.41. The molecule has 0 bridgehead atoms. The van der Waals surface area contributed by atoms with Gasteiger partial charge in [0.05, 0.1) is 6.67 Å². The highest BCUT2D eigenvalue weighted by Crippen LogP contribution is 2.36. The van der Waals surface area contributed by atoms with E-state index in [4.69, 9.17) is 11.6 Å². The highest BCUT2D eigenvalue weighted by Gasteiger charge is 2.25. The Morgan fingerprint density at radius 2 is 2.11 bits per heavy atom. The summed E-state index contributed by atoms with van der Waals surface area (Å²) in [7, 11) is 0. The fraction of sp³-hybridized carbons (Fsp3) is 0.571. The molecule has 0 spiro atoms. The van der Waals surface area contributed by atoms with E-state index in [2.05, 4.69) is 10.2 Å². The predicted molar refractivity (Wildman–Crippen MR) is 75.6 cm³/mol. The summed E-state index contributed by atoms with van der Waals surface area (Å²) < 4.78 is 12.9. The maximum atomic E-state index is 12.9. The fourth-order valence-electron chi connectivity index (χ4n) is 2.65. The van der Waals surface area contributed by atoms with Gasteiger partial charge in [-0.2, -0.15) is 0 Å². The Kier molecular flexibility index (Phi) is 5.02. The molecule has 1 fully saturated rings. The molecule has 0 radical (unpaired) electrons. The topological polar surface area (TPSA) is 35.5 Å². The first-order valence-corrected chi connectivity index (χ1v) is 7.01. The van der Waals surface area contributed by atoms with Crippen LogP contribution in [0.25, 0.3) is 0 Å². The van der Waals surface area contributed by atoms with E-state index in [0.29, 0.717) is 11.4 Å². The maximum Gasteiger partial charge on any atom is 0.123 e. The summed E-state index contributed by atoms with van der Waals surface area (Å²) in [5, 5.41) is 14.1. The van der Waals surface area contributed by atoms with Crippen LogP contribution in [-0.2, 0) is 0 Å². The number of aromatic hydroxyl groups is 1. The molecule has 3 nitrogen and oxygen atoms in total. The van der Waals surface area contributed by atoms with Crippen molar-refractivity contribution in [3.05, 3.63) is 28.3 Å². The van der Waals surface area contributed by atoms with Crippen molar-refractivity contribution < 1.29 is 9.50 Å². The van der Waals surface area contributed by atoms with Gasteiger partial charge in [-0.3, -0.25) is 9.29 Å². The lowest BCUT2D eigenvalue weighted by Crippen LogP contribution is -2.45. The van der Waals surface area contributed by atoms with Gasteiger partial charge in [0.15, 0.2) is 0 Å². The van der Waals surface area contributed by atoms with Crippen LogP contribution in [0, 0.1) is 6.92 Å². The van der Waals surface area contributed by atoms with Gasteiger partial charge in [0.25, 0.3) is 0 Å². The van der Waals surface area contributed by atoms with Crippen molar-refractivity contribution in [2.24, 2.45) is 0 Å². The van der Waals surface area contributed by atoms with E-state index >= 15 is 0 Å². The van der Waals surface area contributed by atoms with Crippen molar-refractivity contribution in [1.82, 2.24) is 10.2 Å². The summed E-state index contributed by atoms with van der Waals surface area (Å²) in [5.74, 6) is 0.237. The third-order valence-electron chi connectivity index (χ3n) is 3.63. The maximum absolute atomic E-state index is 12.9. The minimum atomic E-state index is -0.403. The zero-order chi connectivity index (χ0) is 13.8. The Hall–Kier alpha value is -0.840. The Balaban J connectivity index is 2.32. The summed E-state index contributed by atoms with van der Waals surface area (Å²) in [4.78, 5) is 2.21. The molecular weight excluding hydrogens is 267 g/mol. The van der Waals surface area contributed by atoms with E-state index < -0.39 is 6.67 Å². The number of halogens is 2. The number of rotatable bonds is 4. The van der Waals surface area contributed by atoms with Gasteiger partial charge < -0.3 is 10.4 Å². The van der Waals surface area contributed by atoms with E-state index in [1.165, 1.54) is 0 Å². The van der Waals surface area contributed by atoms with Crippen LogP contribution < -0.4 is 5.32 Å². The summed E-state index contributed by atoms with van der Waals surface area (Å²) in [6.07, 6.45) is 0.382. The van der Waals surface area contributed by atoms with Crippen LogP contribution in [0.3, 0.4) is 0 Å². The molecular formula is C14H20ClFN2O. The second-order valence-electron chi connectivity index (χ2n) is 4.94. The van der Waals surface area contributed by atoms with Crippen LogP contribution in [0.15, 0.2) is 12.1 Å².